The topological polar surface area (TPSA) is 34.0 Å². The minimum absolute atomic E-state index is 0.0834. The van der Waals surface area contributed by atoms with Crippen LogP contribution in [0.25, 0.3) is 5.69 Å². The van der Waals surface area contributed by atoms with E-state index in [0.29, 0.717) is 5.56 Å². The highest BCUT2D eigenvalue weighted by atomic mass is 16.1. The van der Waals surface area contributed by atoms with Crippen LogP contribution in [0.5, 0.6) is 0 Å². The molecule has 0 aliphatic rings. The van der Waals surface area contributed by atoms with E-state index in [2.05, 4.69) is 35.9 Å². The van der Waals surface area contributed by atoms with Gasteiger partial charge in [-0.1, -0.05) is 18.2 Å². The molecule has 0 atom stereocenters. The molecule has 3 rings (SSSR count). The zero-order valence-electron chi connectivity index (χ0n) is 14.6. The van der Waals surface area contributed by atoms with Gasteiger partial charge >= 0.3 is 0 Å². The molecule has 1 heterocycles. The lowest BCUT2D eigenvalue weighted by molar-refractivity contribution is 0.102. The Bertz CT molecular complexity index is 849. The van der Waals surface area contributed by atoms with Crippen molar-refractivity contribution in [1.29, 1.82) is 0 Å². The van der Waals surface area contributed by atoms with E-state index in [-0.39, 0.29) is 5.91 Å². The monoisotopic (exact) mass is 318 g/mol. The standard InChI is InChI=1S/C21H22N2O/c1-14-6-5-7-15(2)20(14)22-21(24)18-10-12-19(13-11-18)23-16(3)8-9-17(23)4/h5-13H,1-4H3,(H,22,24). The smallest absolute Gasteiger partial charge is 0.255 e. The largest absolute Gasteiger partial charge is 0.322 e. The minimum atomic E-state index is -0.0834. The fraction of sp³-hybridized carbons (Fsp3) is 0.190. The summed E-state index contributed by atoms with van der Waals surface area (Å²) >= 11 is 0. The van der Waals surface area contributed by atoms with Crippen molar-refractivity contribution in [1.82, 2.24) is 4.57 Å². The van der Waals surface area contributed by atoms with Crippen LogP contribution >= 0.6 is 0 Å². The molecule has 1 aromatic heterocycles. The summed E-state index contributed by atoms with van der Waals surface area (Å²) in [5.74, 6) is -0.0834. The van der Waals surface area contributed by atoms with Crippen LogP contribution in [-0.2, 0) is 0 Å². The van der Waals surface area contributed by atoms with Gasteiger partial charge in [0.1, 0.15) is 0 Å². The Labute approximate surface area is 143 Å². The zero-order valence-corrected chi connectivity index (χ0v) is 14.6. The van der Waals surface area contributed by atoms with Gasteiger partial charge in [-0.3, -0.25) is 4.79 Å². The van der Waals surface area contributed by atoms with Crippen LogP contribution in [0.2, 0.25) is 0 Å². The molecule has 1 amide bonds. The van der Waals surface area contributed by atoms with E-state index in [0.717, 1.165) is 22.5 Å². The molecule has 24 heavy (non-hydrogen) atoms. The number of carbonyl (C=O) groups excluding carboxylic acids is 1. The fourth-order valence-corrected chi connectivity index (χ4v) is 3.03. The van der Waals surface area contributed by atoms with Crippen molar-refractivity contribution in [2.75, 3.05) is 5.32 Å². The van der Waals surface area contributed by atoms with E-state index in [9.17, 15) is 4.79 Å². The molecule has 3 nitrogen and oxygen atoms in total. The van der Waals surface area contributed by atoms with Gasteiger partial charge in [-0.2, -0.15) is 0 Å². The van der Waals surface area contributed by atoms with Crippen molar-refractivity contribution in [3.63, 3.8) is 0 Å². The molecular formula is C21H22N2O. The molecule has 0 radical (unpaired) electrons. The van der Waals surface area contributed by atoms with Crippen LogP contribution < -0.4 is 5.32 Å². The summed E-state index contributed by atoms with van der Waals surface area (Å²) in [6, 6.07) is 17.9. The molecule has 1 N–H and O–H groups in total. The van der Waals surface area contributed by atoms with E-state index in [1.54, 1.807) is 0 Å². The first-order valence-electron chi connectivity index (χ1n) is 8.10. The third-order valence-electron chi connectivity index (χ3n) is 4.38. The van der Waals surface area contributed by atoms with Crippen LogP contribution in [-0.4, -0.2) is 10.5 Å². The Morgan fingerprint density at radius 3 is 1.88 bits per heavy atom. The number of nitrogens with one attached hydrogen (secondary N) is 1. The van der Waals surface area contributed by atoms with Gasteiger partial charge in [0.2, 0.25) is 0 Å². The van der Waals surface area contributed by atoms with Gasteiger partial charge in [0.05, 0.1) is 0 Å². The predicted molar refractivity (Wildman–Crippen MR) is 99.1 cm³/mol. The van der Waals surface area contributed by atoms with Gasteiger partial charge in [-0.25, -0.2) is 0 Å². The van der Waals surface area contributed by atoms with Crippen LogP contribution in [0.3, 0.4) is 0 Å². The highest BCUT2D eigenvalue weighted by Gasteiger charge is 2.10. The molecular weight excluding hydrogens is 296 g/mol. The summed E-state index contributed by atoms with van der Waals surface area (Å²) in [7, 11) is 0. The van der Waals surface area contributed by atoms with Crippen molar-refractivity contribution >= 4 is 11.6 Å². The third kappa shape index (κ3) is 2.98. The van der Waals surface area contributed by atoms with Gasteiger partial charge in [0.15, 0.2) is 0 Å². The summed E-state index contributed by atoms with van der Waals surface area (Å²) < 4.78 is 2.17. The molecule has 0 aliphatic heterocycles. The van der Waals surface area contributed by atoms with Crippen LogP contribution in [0.1, 0.15) is 32.9 Å². The molecule has 0 spiro atoms. The number of anilines is 1. The maximum absolute atomic E-state index is 12.5. The van der Waals surface area contributed by atoms with E-state index in [4.69, 9.17) is 0 Å². The van der Waals surface area contributed by atoms with E-state index in [1.165, 1.54) is 11.4 Å². The predicted octanol–water partition coefficient (Wildman–Crippen LogP) is 4.96. The maximum atomic E-state index is 12.5. The molecule has 0 bridgehead atoms. The number of hydrogen-bond donors (Lipinski definition) is 1. The number of aromatic nitrogens is 1. The first-order valence-corrected chi connectivity index (χ1v) is 8.10. The van der Waals surface area contributed by atoms with Crippen LogP contribution in [0, 0.1) is 27.7 Å². The van der Waals surface area contributed by atoms with Crippen molar-refractivity contribution in [3.8, 4) is 5.69 Å². The second-order valence-corrected chi connectivity index (χ2v) is 6.22. The van der Waals surface area contributed by atoms with Crippen molar-refractivity contribution < 1.29 is 4.79 Å². The highest BCUT2D eigenvalue weighted by molar-refractivity contribution is 6.05. The van der Waals surface area contributed by atoms with Gasteiger partial charge in [-0.05, 0) is 75.2 Å². The number of hydrogen-bond acceptors (Lipinski definition) is 1. The fourth-order valence-electron chi connectivity index (χ4n) is 3.03. The second-order valence-electron chi connectivity index (χ2n) is 6.22. The molecule has 3 aromatic rings. The van der Waals surface area contributed by atoms with Crippen molar-refractivity contribution in [2.24, 2.45) is 0 Å². The van der Waals surface area contributed by atoms with Gasteiger partial charge in [0, 0.05) is 28.3 Å². The first-order chi connectivity index (χ1) is 11.5. The maximum Gasteiger partial charge on any atom is 0.255 e. The Morgan fingerprint density at radius 2 is 1.33 bits per heavy atom. The van der Waals surface area contributed by atoms with Crippen molar-refractivity contribution in [2.45, 2.75) is 27.7 Å². The molecule has 0 unspecified atom stereocenters. The lowest BCUT2D eigenvalue weighted by atomic mass is 10.1. The van der Waals surface area contributed by atoms with Crippen molar-refractivity contribution in [3.05, 3.63) is 82.7 Å². The number of aryl methyl sites for hydroxylation is 4. The summed E-state index contributed by atoms with van der Waals surface area (Å²) in [5, 5.41) is 3.03. The Hall–Kier alpha value is -2.81. The molecule has 0 aliphatic carbocycles. The third-order valence-corrected chi connectivity index (χ3v) is 4.38. The number of carbonyl (C=O) groups is 1. The molecule has 122 valence electrons. The summed E-state index contributed by atoms with van der Waals surface area (Å²) in [6.45, 7) is 8.16. The lowest BCUT2D eigenvalue weighted by Crippen LogP contribution is -2.14. The number of benzene rings is 2. The van der Waals surface area contributed by atoms with Crippen LogP contribution in [0.4, 0.5) is 5.69 Å². The lowest BCUT2D eigenvalue weighted by Gasteiger charge is -2.13. The van der Waals surface area contributed by atoms with Crippen LogP contribution in [0.15, 0.2) is 54.6 Å². The Balaban J connectivity index is 1.85. The van der Waals surface area contributed by atoms with E-state index < -0.39 is 0 Å². The Kier molecular flexibility index (Phi) is 4.26. The minimum Gasteiger partial charge on any atom is -0.322 e. The van der Waals surface area contributed by atoms with Gasteiger partial charge in [-0.15, -0.1) is 0 Å². The quantitative estimate of drug-likeness (QED) is 0.727. The molecule has 0 fully saturated rings. The molecule has 0 saturated heterocycles. The number of rotatable bonds is 3. The normalized spacial score (nSPS) is 10.7. The second kappa shape index (κ2) is 6.36. The summed E-state index contributed by atoms with van der Waals surface area (Å²) in [4.78, 5) is 12.5. The number of amides is 1. The van der Waals surface area contributed by atoms with E-state index in [1.807, 2.05) is 56.3 Å². The highest BCUT2D eigenvalue weighted by Crippen LogP contribution is 2.21. The molecule has 3 heteroatoms. The SMILES string of the molecule is Cc1cccc(C)c1NC(=O)c1ccc(-n2c(C)ccc2C)cc1. The average molecular weight is 318 g/mol. The zero-order chi connectivity index (χ0) is 17.3. The van der Waals surface area contributed by atoms with Gasteiger partial charge in [0.25, 0.3) is 5.91 Å². The van der Waals surface area contributed by atoms with E-state index >= 15 is 0 Å². The summed E-state index contributed by atoms with van der Waals surface area (Å²) in [6.07, 6.45) is 0. The molecule has 0 saturated carbocycles. The van der Waals surface area contributed by atoms with Gasteiger partial charge < -0.3 is 9.88 Å². The summed E-state index contributed by atoms with van der Waals surface area (Å²) in [5.41, 5.74) is 7.11. The Morgan fingerprint density at radius 1 is 0.792 bits per heavy atom. The average Bonchev–Trinajstić information content (AvgIpc) is 2.90. The number of para-hydroxylation sites is 1. The number of nitrogens with zero attached hydrogens (tertiary/aromatic N) is 1. The molecule has 2 aromatic carbocycles. The first kappa shape index (κ1) is 16.1.